The number of carbonyl (C=O) groups is 3. The summed E-state index contributed by atoms with van der Waals surface area (Å²) in [6, 6.07) is 4.07. The fourth-order valence-corrected chi connectivity index (χ4v) is 3.78. The molecule has 3 rings (SSSR count). The molecule has 1 saturated heterocycles. The summed E-state index contributed by atoms with van der Waals surface area (Å²) in [6.07, 6.45) is 4.92. The largest absolute Gasteiger partial charge is 0.464 e. The number of nitrogens with one attached hydrogen (secondary N) is 2. The second kappa shape index (κ2) is 9.11. The number of furan rings is 1. The first-order chi connectivity index (χ1) is 13.8. The summed E-state index contributed by atoms with van der Waals surface area (Å²) < 4.78 is 5.60. The van der Waals surface area contributed by atoms with Crippen LogP contribution in [0.2, 0.25) is 0 Å². The lowest BCUT2D eigenvalue weighted by atomic mass is 9.95. The Kier molecular flexibility index (Phi) is 6.56. The number of carbonyl (C=O) groups excluding carboxylic acids is 3. The molecule has 7 nitrogen and oxygen atoms in total. The van der Waals surface area contributed by atoms with E-state index in [0.29, 0.717) is 18.9 Å². The fraction of sp³-hybridized carbons (Fsp3) is 0.500. The summed E-state index contributed by atoms with van der Waals surface area (Å²) in [5.41, 5.74) is 8.74. The number of hydrogen-bond donors (Lipinski definition) is 2. The van der Waals surface area contributed by atoms with Gasteiger partial charge in [-0.25, -0.2) is 0 Å². The van der Waals surface area contributed by atoms with Gasteiger partial charge in [0.1, 0.15) is 12.1 Å². The predicted octanol–water partition coefficient (Wildman–Crippen LogP) is 2.96. The summed E-state index contributed by atoms with van der Waals surface area (Å²) in [6.45, 7) is 6.86. The van der Waals surface area contributed by atoms with Crippen LogP contribution >= 0.6 is 0 Å². The van der Waals surface area contributed by atoms with Gasteiger partial charge in [-0.05, 0) is 48.9 Å². The second-order valence-electron chi connectivity index (χ2n) is 8.02. The number of hydrogen-bond acceptors (Lipinski definition) is 4. The minimum atomic E-state index is -0.400. The maximum absolute atomic E-state index is 12.3. The van der Waals surface area contributed by atoms with E-state index in [4.69, 9.17) is 4.42 Å². The van der Waals surface area contributed by atoms with E-state index < -0.39 is 5.91 Å². The minimum absolute atomic E-state index is 0.00917. The Bertz CT molecular complexity index is 916. The van der Waals surface area contributed by atoms with Crippen molar-refractivity contribution >= 4 is 28.7 Å². The van der Waals surface area contributed by atoms with Crippen molar-refractivity contribution in [2.45, 2.75) is 58.8 Å². The summed E-state index contributed by atoms with van der Waals surface area (Å²) in [5.74, 6) is -0.375. The molecular formula is C22H29N3O4. The van der Waals surface area contributed by atoms with Gasteiger partial charge < -0.3 is 9.32 Å². The zero-order chi connectivity index (χ0) is 21.0. The van der Waals surface area contributed by atoms with Crippen LogP contribution in [-0.4, -0.2) is 35.7 Å². The highest BCUT2D eigenvalue weighted by molar-refractivity contribution is 5.90. The van der Waals surface area contributed by atoms with Crippen LogP contribution in [0.15, 0.2) is 22.8 Å². The molecule has 0 unspecified atom stereocenters. The molecule has 156 valence electrons. The number of nitrogens with zero attached hydrogens (tertiary/aromatic N) is 1. The zero-order valence-electron chi connectivity index (χ0n) is 17.3. The van der Waals surface area contributed by atoms with Crippen LogP contribution in [0.1, 0.15) is 62.1 Å². The van der Waals surface area contributed by atoms with Crippen molar-refractivity contribution in [3.8, 4) is 0 Å². The molecular weight excluding hydrogens is 370 g/mol. The van der Waals surface area contributed by atoms with E-state index in [9.17, 15) is 14.4 Å². The Morgan fingerprint density at radius 3 is 2.66 bits per heavy atom. The zero-order valence-corrected chi connectivity index (χ0v) is 17.3. The van der Waals surface area contributed by atoms with E-state index in [0.717, 1.165) is 41.4 Å². The van der Waals surface area contributed by atoms with Crippen molar-refractivity contribution in [3.63, 3.8) is 0 Å². The monoisotopic (exact) mass is 399 g/mol. The fourth-order valence-electron chi connectivity index (χ4n) is 3.78. The molecule has 2 N–H and O–H groups in total. The molecule has 0 saturated carbocycles. The average Bonchev–Trinajstić information content (AvgIpc) is 2.93. The Morgan fingerprint density at radius 2 is 1.90 bits per heavy atom. The average molecular weight is 399 g/mol. The predicted molar refractivity (Wildman–Crippen MR) is 110 cm³/mol. The highest BCUT2D eigenvalue weighted by atomic mass is 16.3. The smallest absolute Gasteiger partial charge is 0.257 e. The molecule has 0 aliphatic carbocycles. The topological polar surface area (TPSA) is 91.7 Å². The van der Waals surface area contributed by atoms with Crippen LogP contribution in [0.4, 0.5) is 0 Å². The maximum Gasteiger partial charge on any atom is 0.257 e. The standard InChI is InChI=1S/C22H29N3O4/c1-14(2)17-11-18-16(13-29-19(18)9-15(17)3)10-20(26)23-24-21(27)12-25-8-6-4-5-7-22(25)28/h9,11,13-14H,4-8,10,12H2,1-3H3,(H,23,26)(H,24,27). The lowest BCUT2D eigenvalue weighted by Gasteiger charge is -2.19. The van der Waals surface area contributed by atoms with Crippen molar-refractivity contribution in [2.75, 3.05) is 13.1 Å². The van der Waals surface area contributed by atoms with E-state index in [2.05, 4.69) is 30.8 Å². The SMILES string of the molecule is Cc1cc2occ(CC(=O)NNC(=O)CN3CCCCCC3=O)c2cc1C(C)C. The molecule has 0 spiro atoms. The second-order valence-corrected chi connectivity index (χ2v) is 8.02. The molecule has 7 heteroatoms. The molecule has 0 atom stereocenters. The Labute approximate surface area is 170 Å². The van der Waals surface area contributed by atoms with E-state index in [-0.39, 0.29) is 24.8 Å². The quantitative estimate of drug-likeness (QED) is 0.756. The summed E-state index contributed by atoms with van der Waals surface area (Å²) >= 11 is 0. The molecule has 2 aromatic rings. The van der Waals surface area contributed by atoms with Gasteiger partial charge in [-0.2, -0.15) is 0 Å². The van der Waals surface area contributed by atoms with E-state index in [1.54, 1.807) is 11.2 Å². The molecule has 0 bridgehead atoms. The van der Waals surface area contributed by atoms with E-state index in [1.807, 2.05) is 13.0 Å². The number of rotatable bonds is 5. The van der Waals surface area contributed by atoms with Gasteiger partial charge in [0.05, 0.1) is 12.7 Å². The van der Waals surface area contributed by atoms with Crippen LogP contribution in [0.25, 0.3) is 11.0 Å². The van der Waals surface area contributed by atoms with Crippen molar-refractivity contribution in [1.29, 1.82) is 0 Å². The van der Waals surface area contributed by atoms with Gasteiger partial charge in [-0.15, -0.1) is 0 Å². The van der Waals surface area contributed by atoms with Crippen molar-refractivity contribution in [3.05, 3.63) is 35.1 Å². The Morgan fingerprint density at radius 1 is 1.14 bits per heavy atom. The lowest BCUT2D eigenvalue weighted by Crippen LogP contribution is -2.48. The summed E-state index contributed by atoms with van der Waals surface area (Å²) in [4.78, 5) is 37.9. The van der Waals surface area contributed by atoms with Gasteiger partial charge >= 0.3 is 0 Å². The first-order valence-electron chi connectivity index (χ1n) is 10.2. The molecule has 0 radical (unpaired) electrons. The van der Waals surface area contributed by atoms with E-state index >= 15 is 0 Å². The third kappa shape index (κ3) is 5.16. The molecule has 29 heavy (non-hydrogen) atoms. The summed E-state index contributed by atoms with van der Waals surface area (Å²) in [7, 11) is 0. The van der Waals surface area contributed by atoms with Crippen LogP contribution in [0.3, 0.4) is 0 Å². The van der Waals surface area contributed by atoms with Crippen molar-refractivity contribution in [2.24, 2.45) is 0 Å². The normalized spacial score (nSPS) is 14.9. The third-order valence-electron chi connectivity index (χ3n) is 5.36. The van der Waals surface area contributed by atoms with Gasteiger partial charge in [0.2, 0.25) is 11.8 Å². The Hall–Kier alpha value is -2.83. The van der Waals surface area contributed by atoms with Gasteiger partial charge in [0.15, 0.2) is 0 Å². The number of amides is 3. The maximum atomic E-state index is 12.3. The number of benzene rings is 1. The van der Waals surface area contributed by atoms with Crippen molar-refractivity contribution < 1.29 is 18.8 Å². The molecule has 1 aliphatic rings. The van der Waals surface area contributed by atoms with Gasteiger partial charge in [-0.1, -0.05) is 20.3 Å². The molecule has 3 amide bonds. The highest BCUT2D eigenvalue weighted by Gasteiger charge is 2.20. The number of likely N-dealkylation sites (tertiary alicyclic amines) is 1. The number of fused-ring (bicyclic) bond motifs is 1. The number of aryl methyl sites for hydroxylation is 1. The molecule has 1 fully saturated rings. The Balaban J connectivity index is 1.57. The van der Waals surface area contributed by atoms with Crippen LogP contribution < -0.4 is 10.9 Å². The lowest BCUT2D eigenvalue weighted by molar-refractivity contribution is -0.136. The number of hydrazine groups is 1. The first kappa shape index (κ1) is 20.9. The first-order valence-corrected chi connectivity index (χ1v) is 10.2. The minimum Gasteiger partial charge on any atom is -0.464 e. The van der Waals surface area contributed by atoms with Gasteiger partial charge in [0.25, 0.3) is 5.91 Å². The van der Waals surface area contributed by atoms with Crippen LogP contribution in [0, 0.1) is 6.92 Å². The molecule has 1 aromatic heterocycles. The van der Waals surface area contributed by atoms with Crippen LogP contribution in [-0.2, 0) is 20.8 Å². The van der Waals surface area contributed by atoms with E-state index in [1.165, 1.54) is 5.56 Å². The van der Waals surface area contributed by atoms with Crippen LogP contribution in [0.5, 0.6) is 0 Å². The molecule has 2 heterocycles. The molecule has 1 aromatic carbocycles. The van der Waals surface area contributed by atoms with Crippen molar-refractivity contribution in [1.82, 2.24) is 15.8 Å². The summed E-state index contributed by atoms with van der Waals surface area (Å²) in [5, 5.41) is 0.913. The molecule has 1 aliphatic heterocycles. The van der Waals surface area contributed by atoms with Gasteiger partial charge in [0, 0.05) is 23.9 Å². The van der Waals surface area contributed by atoms with Gasteiger partial charge in [-0.3, -0.25) is 25.2 Å². The highest BCUT2D eigenvalue weighted by Crippen LogP contribution is 2.29. The third-order valence-corrected chi connectivity index (χ3v) is 5.36.